The molecule has 0 atom stereocenters. The van der Waals surface area contributed by atoms with Crippen LogP contribution in [0.2, 0.25) is 14.4 Å². The van der Waals surface area contributed by atoms with Gasteiger partial charge in [0.25, 0.3) is 0 Å². The Morgan fingerprint density at radius 1 is 1.00 bits per heavy atom. The van der Waals surface area contributed by atoms with Gasteiger partial charge in [-0.1, -0.05) is 34.8 Å². The molecule has 2 aromatic rings. The van der Waals surface area contributed by atoms with E-state index in [9.17, 15) is 0 Å². The van der Waals surface area contributed by atoms with E-state index < -0.39 is 0 Å². The van der Waals surface area contributed by atoms with Gasteiger partial charge in [-0.25, -0.2) is 0 Å². The third-order valence-corrected chi connectivity index (χ3v) is 4.28. The molecule has 0 fully saturated rings. The van der Waals surface area contributed by atoms with E-state index in [1.54, 1.807) is 0 Å². The van der Waals surface area contributed by atoms with E-state index >= 15 is 0 Å². The van der Waals surface area contributed by atoms with Gasteiger partial charge in [0.2, 0.25) is 5.95 Å². The van der Waals surface area contributed by atoms with E-state index in [1.165, 1.54) is 0 Å². The fraction of sp³-hybridized carbons (Fsp3) is 0. The smallest absolute Gasteiger partial charge is 0.242 e. The van der Waals surface area contributed by atoms with Gasteiger partial charge in [0.05, 0.1) is 14.9 Å². The molecule has 0 amide bonds. The molecule has 0 aromatic carbocycles. The van der Waals surface area contributed by atoms with Crippen molar-refractivity contribution in [3.8, 4) is 10.6 Å². The number of hydrogen-bond donors (Lipinski definition) is 2. The van der Waals surface area contributed by atoms with Gasteiger partial charge in [0.15, 0.2) is 5.82 Å². The Balaban J connectivity index is 2.63. The van der Waals surface area contributed by atoms with Crippen molar-refractivity contribution in [2.24, 2.45) is 0 Å². The first kappa shape index (κ1) is 11.7. The van der Waals surface area contributed by atoms with Gasteiger partial charge in [-0.2, -0.15) is 4.98 Å². The average Bonchev–Trinajstić information content (AvgIpc) is 2.46. The summed E-state index contributed by atoms with van der Waals surface area (Å²) in [5, 5.41) is 7.95. The molecule has 0 spiro atoms. The molecule has 4 N–H and O–H groups in total. The topological polar surface area (TPSA) is 90.7 Å². The van der Waals surface area contributed by atoms with Crippen LogP contribution in [0, 0.1) is 0 Å². The summed E-state index contributed by atoms with van der Waals surface area (Å²) in [7, 11) is 0. The van der Waals surface area contributed by atoms with Crippen LogP contribution in [-0.4, -0.2) is 15.2 Å². The van der Waals surface area contributed by atoms with Crippen molar-refractivity contribution in [3.63, 3.8) is 0 Å². The highest BCUT2D eigenvalue weighted by Gasteiger charge is 2.19. The fourth-order valence-corrected chi connectivity index (χ4v) is 2.83. The Bertz CT molecular complexity index is 555. The number of rotatable bonds is 1. The number of thiophene rings is 1. The molecule has 0 saturated heterocycles. The molecule has 0 saturated carbocycles. The largest absolute Gasteiger partial charge is 0.382 e. The molecule has 16 heavy (non-hydrogen) atoms. The first-order valence-electron chi connectivity index (χ1n) is 3.90. The zero-order valence-electron chi connectivity index (χ0n) is 7.54. The molecule has 0 aliphatic heterocycles. The molecule has 84 valence electrons. The molecule has 5 nitrogen and oxygen atoms in total. The van der Waals surface area contributed by atoms with Gasteiger partial charge in [-0.15, -0.1) is 21.5 Å². The van der Waals surface area contributed by atoms with Gasteiger partial charge < -0.3 is 11.5 Å². The van der Waals surface area contributed by atoms with E-state index in [0.29, 0.717) is 14.9 Å². The Morgan fingerprint density at radius 3 is 2.19 bits per heavy atom. The summed E-state index contributed by atoms with van der Waals surface area (Å²) >= 11 is 18.8. The van der Waals surface area contributed by atoms with E-state index in [2.05, 4.69) is 15.2 Å². The molecule has 0 unspecified atom stereocenters. The summed E-state index contributed by atoms with van der Waals surface area (Å²) in [6.07, 6.45) is 0. The number of hydrogen-bond acceptors (Lipinski definition) is 6. The molecular weight excluding hydrogens is 293 g/mol. The summed E-state index contributed by atoms with van der Waals surface area (Å²) in [6, 6.07) is 0. The highest BCUT2D eigenvalue weighted by Crippen LogP contribution is 2.46. The quantitative estimate of drug-likeness (QED) is 0.844. The number of nitrogens with zero attached hydrogens (tertiary/aromatic N) is 3. The summed E-state index contributed by atoms with van der Waals surface area (Å²) in [4.78, 5) is 4.30. The highest BCUT2D eigenvalue weighted by atomic mass is 35.5. The third kappa shape index (κ3) is 1.89. The monoisotopic (exact) mass is 295 g/mol. The lowest BCUT2D eigenvalue weighted by atomic mass is 10.3. The van der Waals surface area contributed by atoms with Crippen LogP contribution < -0.4 is 11.5 Å². The summed E-state index contributed by atoms with van der Waals surface area (Å²) in [5.41, 5.74) is 11.3. The first-order chi connectivity index (χ1) is 7.50. The van der Waals surface area contributed by atoms with Crippen molar-refractivity contribution in [1.29, 1.82) is 0 Å². The van der Waals surface area contributed by atoms with Gasteiger partial charge in [-0.3, -0.25) is 0 Å². The maximum absolute atomic E-state index is 5.97. The van der Waals surface area contributed by atoms with Gasteiger partial charge in [0, 0.05) is 0 Å². The van der Waals surface area contributed by atoms with Crippen LogP contribution in [0.4, 0.5) is 11.8 Å². The van der Waals surface area contributed by atoms with E-state index in [0.717, 1.165) is 11.3 Å². The molecule has 2 rings (SSSR count). The van der Waals surface area contributed by atoms with E-state index in [4.69, 9.17) is 46.3 Å². The lowest BCUT2D eigenvalue weighted by molar-refractivity contribution is 1.00. The zero-order valence-corrected chi connectivity index (χ0v) is 10.6. The Kier molecular flexibility index (Phi) is 3.07. The standard InChI is InChI=1S/C7H4Cl3N5S/c8-1-2(9)5(10)16-4(1)3-6(11)13-7(12)15-14-3/h(H4,11,12,13,15). The summed E-state index contributed by atoms with van der Waals surface area (Å²) < 4.78 is 0.361. The summed E-state index contributed by atoms with van der Waals surface area (Å²) in [5.74, 6) is 0.120. The lowest BCUT2D eigenvalue weighted by Crippen LogP contribution is -2.03. The van der Waals surface area contributed by atoms with Crippen LogP contribution in [0.25, 0.3) is 10.6 Å². The molecular formula is C7H4Cl3N5S. The SMILES string of the molecule is Nc1nnc(-c2sc(Cl)c(Cl)c2Cl)c(N)n1. The maximum atomic E-state index is 5.97. The van der Waals surface area contributed by atoms with Crippen LogP contribution in [0.1, 0.15) is 0 Å². The van der Waals surface area contributed by atoms with Crippen molar-refractivity contribution in [1.82, 2.24) is 15.2 Å². The number of halogens is 3. The molecule has 0 aliphatic rings. The second kappa shape index (κ2) is 4.21. The second-order valence-corrected chi connectivity index (χ2v) is 5.12. The van der Waals surface area contributed by atoms with Crippen LogP contribution in [0.15, 0.2) is 0 Å². The zero-order chi connectivity index (χ0) is 11.9. The van der Waals surface area contributed by atoms with Crippen molar-refractivity contribution in [2.45, 2.75) is 0 Å². The van der Waals surface area contributed by atoms with Crippen molar-refractivity contribution in [2.75, 3.05) is 11.5 Å². The molecule has 0 radical (unpaired) electrons. The highest BCUT2D eigenvalue weighted by molar-refractivity contribution is 7.20. The number of aromatic nitrogens is 3. The number of nitrogens with two attached hydrogens (primary N) is 2. The predicted octanol–water partition coefficient (Wildman–Crippen LogP) is 2.72. The normalized spacial score (nSPS) is 10.7. The summed E-state index contributed by atoms with van der Waals surface area (Å²) in [6.45, 7) is 0. The maximum Gasteiger partial charge on any atom is 0.242 e. The predicted molar refractivity (Wildman–Crippen MR) is 67.0 cm³/mol. The van der Waals surface area contributed by atoms with Crippen molar-refractivity contribution < 1.29 is 0 Å². The van der Waals surface area contributed by atoms with E-state index in [1.807, 2.05) is 0 Å². The Labute approximate surface area is 109 Å². The third-order valence-electron chi connectivity index (χ3n) is 1.70. The lowest BCUT2D eigenvalue weighted by Gasteiger charge is -2.00. The second-order valence-electron chi connectivity index (χ2n) is 2.74. The average molecular weight is 297 g/mol. The molecule has 2 heterocycles. The minimum atomic E-state index is -0.00822. The van der Waals surface area contributed by atoms with Gasteiger partial charge in [0.1, 0.15) is 10.0 Å². The number of nitrogen functional groups attached to an aromatic ring is 2. The van der Waals surface area contributed by atoms with E-state index in [-0.39, 0.29) is 21.8 Å². The Morgan fingerprint density at radius 2 is 1.69 bits per heavy atom. The van der Waals surface area contributed by atoms with Crippen LogP contribution in [-0.2, 0) is 0 Å². The van der Waals surface area contributed by atoms with Crippen molar-refractivity contribution in [3.05, 3.63) is 14.4 Å². The number of anilines is 2. The first-order valence-corrected chi connectivity index (χ1v) is 5.85. The van der Waals surface area contributed by atoms with Gasteiger partial charge >= 0.3 is 0 Å². The molecule has 2 aromatic heterocycles. The van der Waals surface area contributed by atoms with Crippen molar-refractivity contribution >= 4 is 57.9 Å². The van der Waals surface area contributed by atoms with Gasteiger partial charge in [-0.05, 0) is 0 Å². The molecule has 0 aliphatic carbocycles. The molecule has 9 heteroatoms. The van der Waals surface area contributed by atoms with Crippen LogP contribution in [0.5, 0.6) is 0 Å². The van der Waals surface area contributed by atoms with Crippen LogP contribution in [0.3, 0.4) is 0 Å². The minimum Gasteiger partial charge on any atom is -0.382 e. The van der Waals surface area contributed by atoms with Crippen LogP contribution >= 0.6 is 46.1 Å². The fourth-order valence-electron chi connectivity index (χ4n) is 1.03. The molecule has 0 bridgehead atoms. The Hall–Kier alpha value is -0.820. The minimum absolute atomic E-state index is 0.00822.